The first kappa shape index (κ1) is 11.3. The third kappa shape index (κ3) is 3.85. The Morgan fingerprint density at radius 1 is 1.62 bits per heavy atom. The number of hydrogen-bond acceptors (Lipinski definition) is 4. The van der Waals surface area contributed by atoms with E-state index in [1.165, 1.54) is 0 Å². The maximum Gasteiger partial charge on any atom is 0.0948 e. The van der Waals surface area contributed by atoms with Gasteiger partial charge in [0.1, 0.15) is 0 Å². The van der Waals surface area contributed by atoms with Gasteiger partial charge in [-0.05, 0) is 25.4 Å². The maximum absolute atomic E-state index is 9.47. The molecule has 1 saturated heterocycles. The largest absolute Gasteiger partial charge is 0.389 e. The summed E-state index contributed by atoms with van der Waals surface area (Å²) >= 11 is 1.85. The normalized spacial score (nSPS) is 30.7. The van der Waals surface area contributed by atoms with E-state index in [4.69, 9.17) is 4.74 Å². The fourth-order valence-corrected chi connectivity index (χ4v) is 2.03. The van der Waals surface area contributed by atoms with Gasteiger partial charge < -0.3 is 15.2 Å². The molecule has 0 aromatic heterocycles. The van der Waals surface area contributed by atoms with Gasteiger partial charge >= 0.3 is 0 Å². The van der Waals surface area contributed by atoms with E-state index in [9.17, 15) is 5.11 Å². The molecule has 0 spiro atoms. The monoisotopic (exact) mass is 205 g/mol. The van der Waals surface area contributed by atoms with E-state index in [0.29, 0.717) is 19.3 Å². The molecule has 0 radical (unpaired) electrons. The molecule has 0 bridgehead atoms. The SMILES string of the molecule is CSCCC(C)NC1COCC1O. The van der Waals surface area contributed by atoms with Crippen LogP contribution in [0.2, 0.25) is 0 Å². The van der Waals surface area contributed by atoms with Crippen LogP contribution in [0.4, 0.5) is 0 Å². The number of ether oxygens (including phenoxy) is 1. The number of aliphatic hydroxyl groups excluding tert-OH is 1. The van der Waals surface area contributed by atoms with Gasteiger partial charge in [-0.3, -0.25) is 0 Å². The highest BCUT2D eigenvalue weighted by Gasteiger charge is 2.26. The topological polar surface area (TPSA) is 41.5 Å². The summed E-state index contributed by atoms with van der Waals surface area (Å²) in [5.74, 6) is 1.16. The van der Waals surface area contributed by atoms with Crippen LogP contribution in [0.1, 0.15) is 13.3 Å². The highest BCUT2D eigenvalue weighted by atomic mass is 32.2. The minimum atomic E-state index is -0.322. The molecule has 2 N–H and O–H groups in total. The number of aliphatic hydroxyl groups is 1. The lowest BCUT2D eigenvalue weighted by molar-refractivity contribution is 0.121. The number of hydrogen-bond donors (Lipinski definition) is 2. The Morgan fingerprint density at radius 2 is 2.38 bits per heavy atom. The zero-order chi connectivity index (χ0) is 9.68. The average Bonchev–Trinajstić information content (AvgIpc) is 2.48. The summed E-state index contributed by atoms with van der Waals surface area (Å²) in [5, 5.41) is 12.8. The summed E-state index contributed by atoms with van der Waals surface area (Å²) in [6.45, 7) is 3.28. The van der Waals surface area contributed by atoms with Crippen LogP contribution >= 0.6 is 11.8 Å². The van der Waals surface area contributed by atoms with Crippen LogP contribution in [-0.4, -0.2) is 48.5 Å². The predicted octanol–water partition coefficient (Wildman–Crippen LogP) is 0.477. The smallest absolute Gasteiger partial charge is 0.0948 e. The lowest BCUT2D eigenvalue weighted by Gasteiger charge is -2.20. The van der Waals surface area contributed by atoms with Gasteiger partial charge in [0.15, 0.2) is 0 Å². The van der Waals surface area contributed by atoms with Crippen LogP contribution in [0.3, 0.4) is 0 Å². The fourth-order valence-electron chi connectivity index (χ4n) is 1.45. The Hall–Kier alpha value is 0.230. The molecule has 3 unspecified atom stereocenters. The Bertz CT molecular complexity index is 146. The minimum Gasteiger partial charge on any atom is -0.389 e. The van der Waals surface area contributed by atoms with Crippen molar-refractivity contribution >= 4 is 11.8 Å². The second kappa shape index (κ2) is 5.86. The molecule has 3 atom stereocenters. The summed E-state index contributed by atoms with van der Waals surface area (Å²) < 4.78 is 5.16. The number of thioether (sulfide) groups is 1. The number of rotatable bonds is 5. The van der Waals surface area contributed by atoms with Crippen LogP contribution in [0.5, 0.6) is 0 Å². The Morgan fingerprint density at radius 3 is 2.92 bits per heavy atom. The van der Waals surface area contributed by atoms with Crippen LogP contribution in [0, 0.1) is 0 Å². The Balaban J connectivity index is 2.15. The molecule has 3 nitrogen and oxygen atoms in total. The van der Waals surface area contributed by atoms with Crippen LogP contribution in [-0.2, 0) is 4.74 Å². The van der Waals surface area contributed by atoms with Crippen molar-refractivity contribution in [1.29, 1.82) is 0 Å². The van der Waals surface area contributed by atoms with Gasteiger partial charge in [-0.25, -0.2) is 0 Å². The predicted molar refractivity (Wildman–Crippen MR) is 56.2 cm³/mol. The van der Waals surface area contributed by atoms with E-state index in [1.807, 2.05) is 11.8 Å². The summed E-state index contributed by atoms with van der Waals surface area (Å²) in [6, 6.07) is 0.602. The van der Waals surface area contributed by atoms with E-state index >= 15 is 0 Å². The zero-order valence-electron chi connectivity index (χ0n) is 8.32. The summed E-state index contributed by atoms with van der Waals surface area (Å²) in [6.07, 6.45) is 2.93. The second-order valence-corrected chi connectivity index (χ2v) is 4.55. The lowest BCUT2D eigenvalue weighted by atomic mass is 10.1. The van der Waals surface area contributed by atoms with Crippen LogP contribution in [0.15, 0.2) is 0 Å². The molecule has 0 aromatic rings. The molecule has 1 heterocycles. The van der Waals surface area contributed by atoms with Crippen molar-refractivity contribution in [3.8, 4) is 0 Å². The summed E-state index contributed by atoms with van der Waals surface area (Å²) in [7, 11) is 0. The molecule has 78 valence electrons. The molecule has 0 amide bonds. The average molecular weight is 205 g/mol. The van der Waals surface area contributed by atoms with E-state index in [1.54, 1.807) is 0 Å². The quantitative estimate of drug-likeness (QED) is 0.685. The molecule has 0 saturated carbocycles. The first-order valence-corrected chi connectivity index (χ1v) is 6.14. The van der Waals surface area contributed by atoms with Gasteiger partial charge in [0.2, 0.25) is 0 Å². The van der Waals surface area contributed by atoms with Gasteiger partial charge in [0.25, 0.3) is 0 Å². The van der Waals surface area contributed by atoms with E-state index < -0.39 is 0 Å². The van der Waals surface area contributed by atoms with Gasteiger partial charge in [0, 0.05) is 6.04 Å². The van der Waals surface area contributed by atoms with Crippen LogP contribution < -0.4 is 5.32 Å². The first-order valence-electron chi connectivity index (χ1n) is 4.75. The second-order valence-electron chi connectivity index (χ2n) is 3.56. The molecule has 1 rings (SSSR count). The number of nitrogens with one attached hydrogen (secondary N) is 1. The fraction of sp³-hybridized carbons (Fsp3) is 1.00. The molecule has 1 aliphatic heterocycles. The van der Waals surface area contributed by atoms with Crippen molar-refractivity contribution in [2.45, 2.75) is 31.5 Å². The highest BCUT2D eigenvalue weighted by molar-refractivity contribution is 7.98. The van der Waals surface area contributed by atoms with Gasteiger partial charge in [0.05, 0.1) is 25.4 Å². The standard InChI is InChI=1S/C9H19NO2S/c1-7(3-4-13-2)10-8-5-12-6-9(8)11/h7-11H,3-6H2,1-2H3. The summed E-state index contributed by atoms with van der Waals surface area (Å²) in [4.78, 5) is 0. The van der Waals surface area contributed by atoms with Crippen molar-refractivity contribution in [2.75, 3.05) is 25.2 Å². The molecule has 13 heavy (non-hydrogen) atoms. The molecular formula is C9H19NO2S. The Labute approximate surface area is 84.2 Å². The van der Waals surface area contributed by atoms with Gasteiger partial charge in [-0.15, -0.1) is 0 Å². The van der Waals surface area contributed by atoms with Crippen LogP contribution in [0.25, 0.3) is 0 Å². The summed E-state index contributed by atoms with van der Waals surface area (Å²) in [5.41, 5.74) is 0. The molecular weight excluding hydrogens is 186 g/mol. The minimum absolute atomic E-state index is 0.136. The lowest BCUT2D eigenvalue weighted by Crippen LogP contribution is -2.43. The third-order valence-electron chi connectivity index (χ3n) is 2.30. The van der Waals surface area contributed by atoms with E-state index in [2.05, 4.69) is 18.5 Å². The maximum atomic E-state index is 9.47. The van der Waals surface area contributed by atoms with Crippen molar-refractivity contribution in [3.05, 3.63) is 0 Å². The third-order valence-corrected chi connectivity index (χ3v) is 2.95. The molecule has 0 aromatic carbocycles. The molecule has 1 fully saturated rings. The molecule has 0 aliphatic carbocycles. The van der Waals surface area contributed by atoms with Crippen molar-refractivity contribution < 1.29 is 9.84 Å². The van der Waals surface area contributed by atoms with Gasteiger partial charge in [-0.1, -0.05) is 0 Å². The first-order chi connectivity index (χ1) is 6.24. The molecule has 4 heteroatoms. The Kier molecular flexibility index (Phi) is 5.09. The van der Waals surface area contributed by atoms with Crippen molar-refractivity contribution in [2.24, 2.45) is 0 Å². The van der Waals surface area contributed by atoms with Gasteiger partial charge in [-0.2, -0.15) is 11.8 Å². The van der Waals surface area contributed by atoms with E-state index in [0.717, 1.165) is 12.2 Å². The zero-order valence-corrected chi connectivity index (χ0v) is 9.14. The van der Waals surface area contributed by atoms with Crippen molar-refractivity contribution in [3.63, 3.8) is 0 Å². The highest BCUT2D eigenvalue weighted by Crippen LogP contribution is 2.08. The van der Waals surface area contributed by atoms with Crippen molar-refractivity contribution in [1.82, 2.24) is 5.32 Å². The molecule has 1 aliphatic rings. The van der Waals surface area contributed by atoms with E-state index in [-0.39, 0.29) is 12.1 Å².